The molecule has 0 bridgehead atoms. The maximum Gasteiger partial charge on any atom is 0.119 e. The van der Waals surface area contributed by atoms with Gasteiger partial charge in [-0.2, -0.15) is 0 Å². The average molecular weight is 240 g/mol. The summed E-state index contributed by atoms with van der Waals surface area (Å²) in [5.74, 6) is 1.04. The van der Waals surface area contributed by atoms with Gasteiger partial charge >= 0.3 is 0 Å². The molecule has 1 aliphatic rings. The van der Waals surface area contributed by atoms with Crippen molar-refractivity contribution < 1.29 is 10.2 Å². The smallest absolute Gasteiger partial charge is 0.119 e. The van der Waals surface area contributed by atoms with Gasteiger partial charge in [0.05, 0.1) is 0 Å². The molecule has 2 aromatic carbocycles. The molecule has 0 aromatic heterocycles. The zero-order valence-corrected chi connectivity index (χ0v) is 10.1. The van der Waals surface area contributed by atoms with Crippen LogP contribution in [0.3, 0.4) is 0 Å². The normalized spacial score (nSPS) is 18.3. The van der Waals surface area contributed by atoms with E-state index in [2.05, 4.69) is 6.07 Å². The van der Waals surface area contributed by atoms with E-state index in [4.69, 9.17) is 0 Å². The highest BCUT2D eigenvalue weighted by Crippen LogP contribution is 2.40. The number of phenolic OH excluding ortho intramolecular Hbond substituents is 2. The first kappa shape index (κ1) is 11.1. The van der Waals surface area contributed by atoms with Crippen molar-refractivity contribution >= 4 is 0 Å². The number of aromatic hydroxyl groups is 2. The summed E-state index contributed by atoms with van der Waals surface area (Å²) in [5, 5.41) is 19.3. The van der Waals surface area contributed by atoms with Crippen molar-refractivity contribution in [3.63, 3.8) is 0 Å². The van der Waals surface area contributed by atoms with Gasteiger partial charge < -0.3 is 10.2 Å². The van der Waals surface area contributed by atoms with Gasteiger partial charge in [-0.15, -0.1) is 0 Å². The Labute approximate surface area is 107 Å². The number of phenols is 2. The third-order valence-electron chi connectivity index (χ3n) is 3.78. The van der Waals surface area contributed by atoms with E-state index >= 15 is 0 Å². The van der Waals surface area contributed by atoms with Gasteiger partial charge in [0.2, 0.25) is 0 Å². The van der Waals surface area contributed by atoms with Crippen molar-refractivity contribution in [2.45, 2.75) is 25.2 Å². The molecule has 1 atom stereocenters. The first-order valence-electron chi connectivity index (χ1n) is 6.35. The van der Waals surface area contributed by atoms with Crippen LogP contribution in [-0.2, 0) is 6.42 Å². The number of rotatable bonds is 1. The van der Waals surface area contributed by atoms with Crippen LogP contribution in [-0.4, -0.2) is 10.2 Å². The van der Waals surface area contributed by atoms with E-state index in [1.807, 2.05) is 18.2 Å². The fourth-order valence-corrected chi connectivity index (χ4v) is 2.88. The van der Waals surface area contributed by atoms with Gasteiger partial charge in [-0.1, -0.05) is 24.3 Å². The number of fused-ring (bicyclic) bond motifs is 1. The first-order chi connectivity index (χ1) is 8.75. The van der Waals surface area contributed by atoms with Crippen molar-refractivity contribution in [3.8, 4) is 11.5 Å². The number of benzene rings is 2. The van der Waals surface area contributed by atoms with Crippen LogP contribution >= 0.6 is 0 Å². The fourth-order valence-electron chi connectivity index (χ4n) is 2.88. The Morgan fingerprint density at radius 1 is 0.944 bits per heavy atom. The lowest BCUT2D eigenvalue weighted by atomic mass is 9.78. The van der Waals surface area contributed by atoms with Crippen LogP contribution in [0.5, 0.6) is 11.5 Å². The summed E-state index contributed by atoms with van der Waals surface area (Å²) in [6, 6.07) is 13.2. The Kier molecular flexibility index (Phi) is 2.71. The van der Waals surface area contributed by atoms with Crippen LogP contribution in [0.2, 0.25) is 0 Å². The zero-order valence-electron chi connectivity index (χ0n) is 10.1. The van der Waals surface area contributed by atoms with E-state index in [9.17, 15) is 10.2 Å². The second kappa shape index (κ2) is 4.37. The molecule has 2 N–H and O–H groups in total. The largest absolute Gasteiger partial charge is 0.508 e. The van der Waals surface area contributed by atoms with Crippen molar-refractivity contribution in [1.29, 1.82) is 0 Å². The topological polar surface area (TPSA) is 40.5 Å². The van der Waals surface area contributed by atoms with E-state index in [0.29, 0.717) is 17.4 Å². The fraction of sp³-hybridized carbons (Fsp3) is 0.250. The van der Waals surface area contributed by atoms with Crippen LogP contribution in [0, 0.1) is 0 Å². The zero-order chi connectivity index (χ0) is 12.5. The Bertz CT molecular complexity index is 558. The Balaban J connectivity index is 2.06. The molecule has 0 saturated carbocycles. The molecule has 0 spiro atoms. The summed E-state index contributed by atoms with van der Waals surface area (Å²) in [6.07, 6.45) is 3.15. The Hall–Kier alpha value is -1.96. The third kappa shape index (κ3) is 1.84. The van der Waals surface area contributed by atoms with Crippen molar-refractivity contribution in [2.24, 2.45) is 0 Å². The monoisotopic (exact) mass is 240 g/mol. The molecule has 1 aliphatic carbocycles. The van der Waals surface area contributed by atoms with E-state index in [-0.39, 0.29) is 0 Å². The molecular formula is C16H16O2. The van der Waals surface area contributed by atoms with Crippen molar-refractivity contribution in [3.05, 3.63) is 59.2 Å². The number of hydrogen-bond donors (Lipinski definition) is 2. The summed E-state index contributed by atoms with van der Waals surface area (Å²) >= 11 is 0. The van der Waals surface area contributed by atoms with Crippen LogP contribution in [0.4, 0.5) is 0 Å². The van der Waals surface area contributed by atoms with Crippen molar-refractivity contribution in [2.75, 3.05) is 0 Å². The molecule has 2 aromatic rings. The first-order valence-corrected chi connectivity index (χ1v) is 6.35. The van der Waals surface area contributed by atoms with Gasteiger partial charge in [-0.25, -0.2) is 0 Å². The van der Waals surface area contributed by atoms with Crippen LogP contribution in [0.1, 0.15) is 35.4 Å². The summed E-state index contributed by atoms with van der Waals surface area (Å²) in [6.45, 7) is 0. The van der Waals surface area contributed by atoms with E-state index < -0.39 is 0 Å². The molecule has 18 heavy (non-hydrogen) atoms. The molecule has 2 heteroatoms. The minimum absolute atomic E-state index is 0.297. The second-order valence-corrected chi connectivity index (χ2v) is 4.88. The summed E-state index contributed by atoms with van der Waals surface area (Å²) in [7, 11) is 0. The average Bonchev–Trinajstić information content (AvgIpc) is 2.40. The highest BCUT2D eigenvalue weighted by molar-refractivity contribution is 5.47. The molecule has 0 fully saturated rings. The highest BCUT2D eigenvalue weighted by Gasteiger charge is 2.23. The van der Waals surface area contributed by atoms with Crippen LogP contribution < -0.4 is 0 Å². The van der Waals surface area contributed by atoms with Gasteiger partial charge in [0.25, 0.3) is 0 Å². The van der Waals surface area contributed by atoms with E-state index in [0.717, 1.165) is 24.8 Å². The maximum absolute atomic E-state index is 9.93. The van der Waals surface area contributed by atoms with Crippen molar-refractivity contribution in [1.82, 2.24) is 0 Å². The summed E-state index contributed by atoms with van der Waals surface area (Å²) in [4.78, 5) is 0. The molecule has 92 valence electrons. The molecule has 0 saturated heterocycles. The summed E-state index contributed by atoms with van der Waals surface area (Å²) < 4.78 is 0. The number of hydrogen-bond acceptors (Lipinski definition) is 2. The molecule has 0 heterocycles. The molecule has 3 rings (SSSR count). The van der Waals surface area contributed by atoms with Gasteiger partial charge in [-0.3, -0.25) is 0 Å². The molecule has 2 nitrogen and oxygen atoms in total. The van der Waals surface area contributed by atoms with Gasteiger partial charge in [0, 0.05) is 5.92 Å². The van der Waals surface area contributed by atoms with Gasteiger partial charge in [-0.05, 0) is 54.2 Å². The van der Waals surface area contributed by atoms with E-state index in [1.54, 1.807) is 18.2 Å². The van der Waals surface area contributed by atoms with Crippen LogP contribution in [0.15, 0.2) is 42.5 Å². The SMILES string of the molecule is Oc1ccc(C2CCCc3c(O)cccc32)cc1. The standard InChI is InChI=1S/C16H16O2/c17-12-9-7-11(8-10-12)13-3-1-5-15-14(13)4-2-6-16(15)18/h2,4,6-10,13,17-18H,1,3,5H2. The minimum Gasteiger partial charge on any atom is -0.508 e. The molecule has 0 radical (unpaired) electrons. The molecule has 0 aliphatic heterocycles. The van der Waals surface area contributed by atoms with E-state index in [1.165, 1.54) is 11.1 Å². The lowest BCUT2D eigenvalue weighted by Gasteiger charge is -2.26. The third-order valence-corrected chi connectivity index (χ3v) is 3.78. The Morgan fingerprint density at radius 3 is 2.50 bits per heavy atom. The van der Waals surface area contributed by atoms with Gasteiger partial charge in [0.15, 0.2) is 0 Å². The predicted molar refractivity (Wildman–Crippen MR) is 71.0 cm³/mol. The minimum atomic E-state index is 0.297. The predicted octanol–water partition coefficient (Wildman–Crippen LogP) is 3.57. The van der Waals surface area contributed by atoms with Gasteiger partial charge in [0.1, 0.15) is 11.5 Å². The molecular weight excluding hydrogens is 224 g/mol. The maximum atomic E-state index is 9.93. The molecule has 1 unspecified atom stereocenters. The van der Waals surface area contributed by atoms with Crippen LogP contribution in [0.25, 0.3) is 0 Å². The second-order valence-electron chi connectivity index (χ2n) is 4.88. The lowest BCUT2D eigenvalue weighted by molar-refractivity contribution is 0.458. The highest BCUT2D eigenvalue weighted by atomic mass is 16.3. The quantitative estimate of drug-likeness (QED) is 0.800. The Morgan fingerprint density at radius 2 is 1.72 bits per heavy atom. The molecule has 0 amide bonds. The summed E-state index contributed by atoms with van der Waals surface area (Å²) in [5.41, 5.74) is 3.52. The lowest BCUT2D eigenvalue weighted by Crippen LogP contribution is -2.11.